The molecule has 3 N–H and O–H groups in total. The molecule has 0 radical (unpaired) electrons. The quantitative estimate of drug-likeness (QED) is 0.597. The second-order valence-electron chi connectivity index (χ2n) is 7.04. The summed E-state index contributed by atoms with van der Waals surface area (Å²) in [5, 5.41) is 5.81. The van der Waals surface area contributed by atoms with Crippen molar-refractivity contribution in [1.29, 1.82) is 0 Å². The number of ether oxygens (including phenoxy) is 1. The summed E-state index contributed by atoms with van der Waals surface area (Å²) >= 11 is 7.83. The topological polar surface area (TPSA) is 103 Å². The van der Waals surface area contributed by atoms with Crippen molar-refractivity contribution in [2.75, 3.05) is 11.5 Å². The average molecular weight is 430 g/mol. The first kappa shape index (κ1) is 19.9. The zero-order chi connectivity index (χ0) is 20.5. The molecule has 2 aromatic carbocycles. The minimum absolute atomic E-state index is 0.0718. The number of thioether (sulfide) groups is 1. The maximum atomic E-state index is 11.9. The van der Waals surface area contributed by atoms with Crippen molar-refractivity contribution in [2.24, 2.45) is 0 Å². The summed E-state index contributed by atoms with van der Waals surface area (Å²) in [6, 6.07) is 7.97. The second kappa shape index (κ2) is 8.14. The largest absolute Gasteiger partial charge is 0.372 e. The van der Waals surface area contributed by atoms with Gasteiger partial charge in [0.25, 0.3) is 0 Å². The number of nitrogens with two attached hydrogens (primary N) is 1. The van der Waals surface area contributed by atoms with Gasteiger partial charge in [-0.15, -0.1) is 0 Å². The van der Waals surface area contributed by atoms with Crippen LogP contribution in [0.25, 0.3) is 22.2 Å². The number of hydrogen-bond acceptors (Lipinski definition) is 7. The van der Waals surface area contributed by atoms with Gasteiger partial charge in [-0.25, -0.2) is 4.98 Å². The van der Waals surface area contributed by atoms with Crippen LogP contribution in [0.5, 0.6) is 0 Å². The van der Waals surface area contributed by atoms with E-state index in [9.17, 15) is 4.79 Å². The summed E-state index contributed by atoms with van der Waals surface area (Å²) in [4.78, 5) is 25.0. The lowest BCUT2D eigenvalue weighted by molar-refractivity contribution is -0.119. The highest BCUT2D eigenvalue weighted by atomic mass is 35.5. The zero-order valence-corrected chi connectivity index (χ0v) is 17.6. The number of nitrogens with zero attached hydrogens (tertiary/aromatic N) is 3. The summed E-state index contributed by atoms with van der Waals surface area (Å²) in [6.45, 7) is 4.88. The van der Waals surface area contributed by atoms with Gasteiger partial charge in [0.15, 0.2) is 11.0 Å². The maximum Gasteiger partial charge on any atom is 0.230 e. The van der Waals surface area contributed by atoms with Gasteiger partial charge >= 0.3 is 0 Å². The molecular weight excluding hydrogens is 410 g/mol. The van der Waals surface area contributed by atoms with Crippen LogP contribution in [0.2, 0.25) is 5.02 Å². The first-order chi connectivity index (χ1) is 13.9. The molecule has 7 nitrogen and oxygen atoms in total. The predicted molar refractivity (Wildman–Crippen MR) is 115 cm³/mol. The van der Waals surface area contributed by atoms with Crippen molar-refractivity contribution < 1.29 is 9.53 Å². The third-order valence-corrected chi connectivity index (χ3v) is 5.58. The van der Waals surface area contributed by atoms with Crippen molar-refractivity contribution in [3.8, 4) is 11.4 Å². The minimum atomic E-state index is -0.0925. The number of nitrogen functional groups attached to an aromatic ring is 1. The van der Waals surface area contributed by atoms with Crippen molar-refractivity contribution in [2.45, 2.75) is 38.3 Å². The number of nitrogens with one attached hydrogen (secondary N) is 1. The van der Waals surface area contributed by atoms with Crippen LogP contribution in [0.1, 0.15) is 25.0 Å². The number of rotatable bonds is 5. The lowest BCUT2D eigenvalue weighted by Gasteiger charge is -2.20. The molecule has 2 heterocycles. The Kier molecular flexibility index (Phi) is 5.58. The molecule has 0 atom stereocenters. The lowest BCUT2D eigenvalue weighted by Crippen LogP contribution is -2.31. The first-order valence-electron chi connectivity index (χ1n) is 9.17. The molecule has 1 aliphatic rings. The highest BCUT2D eigenvalue weighted by Crippen LogP contribution is 2.39. The average Bonchev–Trinajstić information content (AvgIpc) is 2.66. The Morgan fingerprint density at radius 1 is 1.28 bits per heavy atom. The highest BCUT2D eigenvalue weighted by molar-refractivity contribution is 7.99. The molecule has 4 rings (SSSR count). The second-order valence-corrected chi connectivity index (χ2v) is 8.39. The molecule has 3 aromatic rings. The molecule has 9 heteroatoms. The number of carbonyl (C=O) groups excluding carboxylic acids is 1. The van der Waals surface area contributed by atoms with Gasteiger partial charge in [0.05, 0.1) is 24.0 Å². The number of amides is 1. The number of benzene rings is 2. The molecule has 29 heavy (non-hydrogen) atoms. The van der Waals surface area contributed by atoms with Gasteiger partial charge in [-0.05, 0) is 41.8 Å². The van der Waals surface area contributed by atoms with Gasteiger partial charge in [-0.3, -0.25) is 4.79 Å². The number of hydrogen-bond donors (Lipinski definition) is 2. The fourth-order valence-electron chi connectivity index (χ4n) is 3.39. The number of anilines is 1. The van der Waals surface area contributed by atoms with Crippen LogP contribution in [0.4, 0.5) is 5.95 Å². The third kappa shape index (κ3) is 4.14. The first-order valence-corrected chi connectivity index (χ1v) is 10.5. The van der Waals surface area contributed by atoms with Crippen molar-refractivity contribution >= 4 is 46.0 Å². The van der Waals surface area contributed by atoms with Crippen LogP contribution in [0, 0.1) is 0 Å². The molecule has 0 bridgehead atoms. The van der Waals surface area contributed by atoms with Gasteiger partial charge in [0, 0.05) is 11.6 Å². The Balaban J connectivity index is 1.75. The van der Waals surface area contributed by atoms with Gasteiger partial charge in [0.1, 0.15) is 0 Å². The highest BCUT2D eigenvalue weighted by Gasteiger charge is 2.21. The van der Waals surface area contributed by atoms with Crippen LogP contribution in [-0.2, 0) is 22.7 Å². The number of halogens is 1. The maximum absolute atomic E-state index is 11.9. The summed E-state index contributed by atoms with van der Waals surface area (Å²) in [5.41, 5.74) is 8.78. The molecule has 0 saturated heterocycles. The molecule has 0 saturated carbocycles. The molecular formula is C20H20ClN5O2S. The molecule has 1 aliphatic heterocycles. The Labute approximate surface area is 177 Å². The van der Waals surface area contributed by atoms with Crippen LogP contribution in [-0.4, -0.2) is 32.7 Å². The summed E-state index contributed by atoms with van der Waals surface area (Å²) in [6.07, 6.45) is 0. The van der Waals surface area contributed by atoms with Crippen LogP contribution in [0.3, 0.4) is 0 Å². The summed E-state index contributed by atoms with van der Waals surface area (Å²) in [5.74, 6) is 0.576. The number of carbonyl (C=O) groups is 1. The third-order valence-electron chi connectivity index (χ3n) is 4.43. The van der Waals surface area contributed by atoms with Gasteiger partial charge in [0.2, 0.25) is 11.9 Å². The van der Waals surface area contributed by atoms with E-state index in [1.165, 1.54) is 11.8 Å². The van der Waals surface area contributed by atoms with E-state index >= 15 is 0 Å². The lowest BCUT2D eigenvalue weighted by atomic mass is 9.94. The van der Waals surface area contributed by atoms with E-state index in [1.54, 1.807) is 0 Å². The fraction of sp³-hybridized carbons (Fsp3) is 0.300. The zero-order valence-electron chi connectivity index (χ0n) is 16.0. The molecule has 0 unspecified atom stereocenters. The van der Waals surface area contributed by atoms with Gasteiger partial charge in [-0.1, -0.05) is 41.6 Å². The van der Waals surface area contributed by atoms with Gasteiger partial charge in [-0.2, -0.15) is 9.97 Å². The van der Waals surface area contributed by atoms with Crippen LogP contribution in [0.15, 0.2) is 29.4 Å². The minimum Gasteiger partial charge on any atom is -0.372 e. The summed E-state index contributed by atoms with van der Waals surface area (Å²) in [7, 11) is 0. The molecule has 150 valence electrons. The van der Waals surface area contributed by atoms with Gasteiger partial charge < -0.3 is 15.8 Å². The monoisotopic (exact) mass is 429 g/mol. The van der Waals surface area contributed by atoms with Crippen molar-refractivity contribution in [3.63, 3.8) is 0 Å². The Morgan fingerprint density at radius 2 is 2.07 bits per heavy atom. The van der Waals surface area contributed by atoms with E-state index in [-0.39, 0.29) is 23.7 Å². The normalized spacial score (nSPS) is 13.1. The van der Waals surface area contributed by atoms with E-state index in [0.29, 0.717) is 34.8 Å². The van der Waals surface area contributed by atoms with E-state index in [0.717, 1.165) is 21.9 Å². The van der Waals surface area contributed by atoms with E-state index in [4.69, 9.17) is 22.1 Å². The predicted octanol–water partition coefficient (Wildman–Crippen LogP) is 3.57. The smallest absolute Gasteiger partial charge is 0.230 e. The molecule has 0 aliphatic carbocycles. The van der Waals surface area contributed by atoms with Crippen molar-refractivity contribution in [1.82, 2.24) is 20.3 Å². The van der Waals surface area contributed by atoms with Crippen LogP contribution < -0.4 is 11.1 Å². The van der Waals surface area contributed by atoms with Crippen molar-refractivity contribution in [3.05, 3.63) is 40.4 Å². The van der Waals surface area contributed by atoms with E-state index in [1.807, 2.05) is 38.1 Å². The van der Waals surface area contributed by atoms with Crippen LogP contribution >= 0.6 is 23.4 Å². The summed E-state index contributed by atoms with van der Waals surface area (Å²) < 4.78 is 5.65. The molecule has 0 fully saturated rings. The van der Waals surface area contributed by atoms with E-state index < -0.39 is 0 Å². The van der Waals surface area contributed by atoms with E-state index in [2.05, 4.69) is 20.3 Å². The SMILES string of the molecule is CC(C)NC(=O)CSc1nc(N)nc(-c2c(Cl)cc3c4c(cccc24)COC3)n1. The molecule has 1 amide bonds. The Hall–Kier alpha value is -2.42. The Bertz CT molecular complexity index is 1110. The molecule has 0 spiro atoms. The number of aromatic nitrogens is 3. The molecule has 1 aromatic heterocycles. The fourth-order valence-corrected chi connectivity index (χ4v) is 4.36. The standard InChI is InChI=1S/C20H20ClN5O2S/c1-10(2)23-15(27)9-29-20-25-18(24-19(22)26-20)17-13-5-3-4-11-7-28-8-12(16(11)13)6-14(17)21/h3-6,10H,7-9H2,1-2H3,(H,23,27)(H2,22,24,25,26). The Morgan fingerprint density at radius 3 is 2.86 bits per heavy atom.